The van der Waals surface area contributed by atoms with Crippen molar-refractivity contribution in [2.45, 2.75) is 18.3 Å². The summed E-state index contributed by atoms with van der Waals surface area (Å²) in [5.41, 5.74) is 2.56. The number of nitrogens with zero attached hydrogens (tertiary/aromatic N) is 1. The van der Waals surface area contributed by atoms with Gasteiger partial charge in [-0.3, -0.25) is 14.4 Å². The molecule has 6 rings (SSSR count). The van der Waals surface area contributed by atoms with E-state index < -0.39 is 17.8 Å². The molecule has 0 spiro atoms. The smallest absolute Gasteiger partial charge is 0.238 e. The first-order valence-electron chi connectivity index (χ1n) is 8.33. The second-order valence-corrected chi connectivity index (χ2v) is 7.84. The van der Waals surface area contributed by atoms with Gasteiger partial charge in [0.05, 0.1) is 23.4 Å². The van der Waals surface area contributed by atoms with E-state index in [-0.39, 0.29) is 23.5 Å². The van der Waals surface area contributed by atoms with Crippen LogP contribution in [0.5, 0.6) is 0 Å². The van der Waals surface area contributed by atoms with Gasteiger partial charge in [-0.05, 0) is 29.3 Å². The van der Waals surface area contributed by atoms with Gasteiger partial charge in [-0.1, -0.05) is 46.3 Å². The number of fused-ring (bicyclic) bond motifs is 1. The molecule has 2 bridgehead atoms. The van der Waals surface area contributed by atoms with E-state index in [0.29, 0.717) is 12.1 Å². The monoisotopic (exact) mass is 395 g/mol. The highest BCUT2D eigenvalue weighted by Gasteiger charge is 2.62. The molecule has 25 heavy (non-hydrogen) atoms. The number of amides is 2. The van der Waals surface area contributed by atoms with E-state index >= 15 is 0 Å². The molecule has 4 aliphatic rings. The van der Waals surface area contributed by atoms with Crippen LogP contribution in [0.4, 0.5) is 5.69 Å². The Morgan fingerprint density at radius 1 is 0.880 bits per heavy atom. The van der Waals surface area contributed by atoms with Crippen molar-refractivity contribution in [2.75, 3.05) is 4.90 Å². The van der Waals surface area contributed by atoms with Crippen LogP contribution in [0.2, 0.25) is 0 Å². The van der Waals surface area contributed by atoms with Crippen LogP contribution in [0, 0.1) is 11.8 Å². The third-order valence-corrected chi connectivity index (χ3v) is 6.25. The van der Waals surface area contributed by atoms with Gasteiger partial charge >= 0.3 is 0 Å². The second-order valence-electron chi connectivity index (χ2n) is 6.93. The lowest BCUT2D eigenvalue weighted by molar-refractivity contribution is -0.134. The number of hydrogen-bond donors (Lipinski definition) is 0. The average Bonchev–Trinajstić information content (AvgIpc) is 2.87. The Bertz CT molecular complexity index is 953. The van der Waals surface area contributed by atoms with E-state index in [0.717, 1.165) is 15.6 Å². The lowest BCUT2D eigenvalue weighted by Gasteiger charge is -2.43. The molecule has 0 unspecified atom stereocenters. The molecule has 1 saturated carbocycles. The third kappa shape index (κ3) is 1.90. The topological polar surface area (TPSA) is 54.5 Å². The Balaban J connectivity index is 1.66. The first-order chi connectivity index (χ1) is 12.1. The average molecular weight is 396 g/mol. The molecule has 5 heteroatoms. The van der Waals surface area contributed by atoms with Gasteiger partial charge in [0, 0.05) is 16.8 Å². The van der Waals surface area contributed by atoms with Gasteiger partial charge in [-0.15, -0.1) is 0 Å². The largest absolute Gasteiger partial charge is 0.299 e. The summed E-state index contributed by atoms with van der Waals surface area (Å²) in [7, 11) is 0. The Kier molecular flexibility index (Phi) is 3.07. The minimum atomic E-state index is -0.562. The molecular weight excluding hydrogens is 382 g/mol. The highest BCUT2D eigenvalue weighted by molar-refractivity contribution is 9.10. The summed E-state index contributed by atoms with van der Waals surface area (Å²) in [4.78, 5) is 40.2. The zero-order valence-corrected chi connectivity index (χ0v) is 14.8. The number of carbonyl (C=O) groups excluding carboxylic acids is 3. The molecule has 2 aromatic carbocycles. The number of hydrogen-bond acceptors (Lipinski definition) is 3. The van der Waals surface area contributed by atoms with Crippen LogP contribution in [0.15, 0.2) is 53.0 Å². The molecule has 1 saturated heterocycles. The van der Waals surface area contributed by atoms with Gasteiger partial charge < -0.3 is 0 Å². The van der Waals surface area contributed by atoms with Crippen molar-refractivity contribution in [2.24, 2.45) is 11.8 Å². The van der Waals surface area contributed by atoms with Crippen molar-refractivity contribution in [3.05, 3.63) is 64.1 Å². The maximum absolute atomic E-state index is 13.1. The first kappa shape index (κ1) is 15.0. The van der Waals surface area contributed by atoms with Gasteiger partial charge in [0.1, 0.15) is 5.78 Å². The predicted molar refractivity (Wildman–Crippen MR) is 95.2 cm³/mol. The molecule has 4 atom stereocenters. The van der Waals surface area contributed by atoms with Gasteiger partial charge in [0.25, 0.3) is 0 Å². The Morgan fingerprint density at radius 3 is 2.36 bits per heavy atom. The van der Waals surface area contributed by atoms with Crippen LogP contribution in [0.3, 0.4) is 0 Å². The predicted octanol–water partition coefficient (Wildman–Crippen LogP) is 3.41. The maximum Gasteiger partial charge on any atom is 0.238 e. The van der Waals surface area contributed by atoms with Crippen molar-refractivity contribution in [1.29, 1.82) is 0 Å². The highest BCUT2D eigenvalue weighted by atomic mass is 79.9. The van der Waals surface area contributed by atoms with E-state index in [4.69, 9.17) is 0 Å². The zero-order chi connectivity index (χ0) is 17.3. The lowest BCUT2D eigenvalue weighted by atomic mass is 9.56. The fraction of sp³-hybridized carbons (Fsp3) is 0.250. The zero-order valence-electron chi connectivity index (χ0n) is 13.2. The molecule has 0 N–H and O–H groups in total. The normalized spacial score (nSPS) is 29.8. The molecule has 4 nitrogen and oxygen atoms in total. The standard InChI is InChI=1S/C20H14BrNO3/c21-10-4-3-5-11(8-10)22-19(24)17-14-9-15(23)16(18(17)20(22)25)13-7-2-1-6-12(13)14/h1-8,14,16-18H,9H2/t14-,16+,17-,18+/m1/s1. The van der Waals surface area contributed by atoms with E-state index in [9.17, 15) is 14.4 Å². The number of imide groups is 1. The molecule has 1 heterocycles. The molecule has 2 fully saturated rings. The summed E-state index contributed by atoms with van der Waals surface area (Å²) in [5, 5.41) is 0. The number of benzene rings is 2. The Hall–Kier alpha value is -2.27. The summed E-state index contributed by atoms with van der Waals surface area (Å²) < 4.78 is 0.808. The van der Waals surface area contributed by atoms with Crippen molar-refractivity contribution < 1.29 is 14.4 Å². The highest BCUT2D eigenvalue weighted by Crippen LogP contribution is 2.57. The minimum Gasteiger partial charge on any atom is -0.299 e. The number of rotatable bonds is 1. The second kappa shape index (κ2) is 5.11. The maximum atomic E-state index is 13.1. The molecule has 2 aromatic rings. The SMILES string of the molecule is O=C1C[C@@H]2c3ccccc3[C@@H]1[C@@H]1C(=O)N(c3cccc(Br)c3)C(=O)[C@@H]12. The number of ketones is 1. The van der Waals surface area contributed by atoms with Crippen molar-refractivity contribution >= 4 is 39.2 Å². The number of carbonyl (C=O) groups is 3. The van der Waals surface area contributed by atoms with Crippen LogP contribution in [0.1, 0.15) is 29.4 Å². The van der Waals surface area contributed by atoms with E-state index in [1.165, 1.54) is 4.90 Å². The van der Waals surface area contributed by atoms with Crippen molar-refractivity contribution in [3.8, 4) is 0 Å². The molecule has 2 amide bonds. The summed E-state index contributed by atoms with van der Waals surface area (Å²) in [6.07, 6.45) is 0.355. The molecule has 0 radical (unpaired) electrons. The van der Waals surface area contributed by atoms with E-state index in [2.05, 4.69) is 15.9 Å². The summed E-state index contributed by atoms with van der Waals surface area (Å²) >= 11 is 3.39. The van der Waals surface area contributed by atoms with Crippen LogP contribution >= 0.6 is 15.9 Å². The number of halogens is 1. The lowest BCUT2D eigenvalue weighted by Crippen LogP contribution is -2.44. The fourth-order valence-corrected chi connectivity index (χ4v) is 5.22. The molecule has 1 aliphatic heterocycles. The summed E-state index contributed by atoms with van der Waals surface area (Å²) in [5.74, 6) is -2.00. The van der Waals surface area contributed by atoms with Gasteiger partial charge in [-0.2, -0.15) is 0 Å². The van der Waals surface area contributed by atoms with Crippen molar-refractivity contribution in [3.63, 3.8) is 0 Å². The number of anilines is 1. The number of Topliss-reactive ketones (excluding diaryl/α,β-unsaturated/α-hetero) is 1. The van der Waals surface area contributed by atoms with Crippen LogP contribution in [-0.4, -0.2) is 17.6 Å². The van der Waals surface area contributed by atoms with Gasteiger partial charge in [-0.25, -0.2) is 4.90 Å². The summed E-state index contributed by atoms with van der Waals surface area (Å²) in [6.45, 7) is 0. The van der Waals surface area contributed by atoms with Crippen LogP contribution in [0.25, 0.3) is 0 Å². The van der Waals surface area contributed by atoms with Gasteiger partial charge in [0.15, 0.2) is 0 Å². The Labute approximate surface area is 153 Å². The molecule has 3 aliphatic carbocycles. The minimum absolute atomic E-state index is 0.0854. The van der Waals surface area contributed by atoms with Gasteiger partial charge in [0.2, 0.25) is 11.8 Å². The Morgan fingerprint density at radius 2 is 1.60 bits per heavy atom. The quantitative estimate of drug-likeness (QED) is 0.695. The van der Waals surface area contributed by atoms with Crippen molar-refractivity contribution in [1.82, 2.24) is 0 Å². The van der Waals surface area contributed by atoms with Crippen LogP contribution in [-0.2, 0) is 14.4 Å². The third-order valence-electron chi connectivity index (χ3n) is 5.76. The molecule has 0 aromatic heterocycles. The molecular formula is C20H14BrNO3. The van der Waals surface area contributed by atoms with Crippen LogP contribution < -0.4 is 4.90 Å². The summed E-state index contributed by atoms with van der Waals surface area (Å²) in [6, 6.07) is 14.9. The van der Waals surface area contributed by atoms with E-state index in [1.807, 2.05) is 30.3 Å². The molecule has 124 valence electrons. The first-order valence-corrected chi connectivity index (χ1v) is 9.12. The fourth-order valence-electron chi connectivity index (χ4n) is 4.83. The van der Waals surface area contributed by atoms with E-state index in [1.54, 1.807) is 18.2 Å².